The third-order valence-electron chi connectivity index (χ3n) is 5.47. The summed E-state index contributed by atoms with van der Waals surface area (Å²) in [5, 5.41) is 9.68. The second-order valence-electron chi connectivity index (χ2n) is 7.75. The number of aryl methyl sites for hydroxylation is 1. The van der Waals surface area contributed by atoms with Gasteiger partial charge in [0.1, 0.15) is 5.82 Å². The number of rotatable bonds is 7. The summed E-state index contributed by atoms with van der Waals surface area (Å²) < 4.78 is 41.2. The smallest absolute Gasteiger partial charge is 0.304 e. The van der Waals surface area contributed by atoms with Crippen LogP contribution in [-0.4, -0.2) is 35.7 Å². The lowest BCUT2D eigenvalue weighted by molar-refractivity contribution is -0.137. The molecular formula is C22H25ClFNO4S. The van der Waals surface area contributed by atoms with Crippen molar-refractivity contribution in [1.82, 2.24) is 4.57 Å². The number of hydrogen-bond donors (Lipinski definition) is 1. The number of halogens is 2. The number of sulfone groups is 1. The van der Waals surface area contributed by atoms with Crippen LogP contribution in [0.5, 0.6) is 0 Å². The number of carboxylic acid groups (broad SMARTS) is 1. The van der Waals surface area contributed by atoms with E-state index < -0.39 is 21.6 Å². The van der Waals surface area contributed by atoms with Crippen molar-refractivity contribution >= 4 is 38.3 Å². The Labute approximate surface area is 180 Å². The quantitative estimate of drug-likeness (QED) is 0.481. The number of nitrogens with zero attached hydrogens (tertiary/aromatic N) is 1. The summed E-state index contributed by atoms with van der Waals surface area (Å²) >= 11 is 6.03. The van der Waals surface area contributed by atoms with E-state index in [9.17, 15) is 22.7 Å². The fourth-order valence-corrected chi connectivity index (χ4v) is 5.23. The van der Waals surface area contributed by atoms with Gasteiger partial charge in [0, 0.05) is 35.2 Å². The van der Waals surface area contributed by atoms with Crippen molar-refractivity contribution in [3.05, 3.63) is 53.0 Å². The van der Waals surface area contributed by atoms with Gasteiger partial charge in [-0.15, -0.1) is 11.6 Å². The maximum absolute atomic E-state index is 14.3. The van der Waals surface area contributed by atoms with E-state index in [-0.39, 0.29) is 22.6 Å². The van der Waals surface area contributed by atoms with Gasteiger partial charge in [-0.25, -0.2) is 12.8 Å². The van der Waals surface area contributed by atoms with E-state index in [1.165, 1.54) is 6.07 Å². The average Bonchev–Trinajstić information content (AvgIpc) is 3.16. The molecule has 3 rings (SSSR count). The number of allylic oxidation sites excluding steroid dienone is 4. The standard InChI is InChI=1S/C22H25ClFNO4S/c1-4-14(6-5-13(2)23)9-17-21-18(11-16(24)12-19(21)30(3,28)29)25-8-7-15(22(17)25)10-20(26)27/h4-6,11-13,15H,7-10H2,1-3H3,(H,26,27)/b6-5-,14-4+. The number of alkyl halides is 1. The fraction of sp³-hybridized carbons (Fsp3) is 0.409. The Morgan fingerprint density at radius 3 is 2.70 bits per heavy atom. The monoisotopic (exact) mass is 453 g/mol. The minimum Gasteiger partial charge on any atom is -0.481 e. The second-order valence-corrected chi connectivity index (χ2v) is 10.4. The molecule has 0 radical (unpaired) electrons. The first-order chi connectivity index (χ1) is 14.0. The normalized spacial score (nSPS) is 18.3. The summed E-state index contributed by atoms with van der Waals surface area (Å²) in [6, 6.07) is 2.39. The van der Waals surface area contributed by atoms with Crippen LogP contribution in [0.4, 0.5) is 4.39 Å². The molecule has 1 aromatic carbocycles. The summed E-state index contributed by atoms with van der Waals surface area (Å²) in [5.74, 6) is -1.80. The molecule has 1 aromatic heterocycles. The molecule has 5 nitrogen and oxygen atoms in total. The van der Waals surface area contributed by atoms with Crippen LogP contribution in [0.3, 0.4) is 0 Å². The van der Waals surface area contributed by atoms with E-state index in [4.69, 9.17) is 11.6 Å². The zero-order chi connectivity index (χ0) is 22.2. The number of carbonyl (C=O) groups is 1. The predicted octanol–water partition coefficient (Wildman–Crippen LogP) is 4.82. The van der Waals surface area contributed by atoms with Crippen LogP contribution in [0, 0.1) is 5.82 Å². The Hall–Kier alpha value is -2.12. The first kappa shape index (κ1) is 22.6. The van der Waals surface area contributed by atoms with Gasteiger partial charge in [-0.3, -0.25) is 4.79 Å². The van der Waals surface area contributed by atoms with Gasteiger partial charge in [-0.05, 0) is 50.0 Å². The number of aliphatic carboxylic acids is 1. The highest BCUT2D eigenvalue weighted by Crippen LogP contribution is 2.43. The molecule has 1 N–H and O–H groups in total. The molecule has 30 heavy (non-hydrogen) atoms. The Bertz CT molecular complexity index is 1160. The highest BCUT2D eigenvalue weighted by Gasteiger charge is 2.33. The van der Waals surface area contributed by atoms with E-state index in [0.29, 0.717) is 30.3 Å². The van der Waals surface area contributed by atoms with Crippen molar-refractivity contribution in [1.29, 1.82) is 0 Å². The Morgan fingerprint density at radius 2 is 2.13 bits per heavy atom. The van der Waals surface area contributed by atoms with Crippen LogP contribution >= 0.6 is 11.6 Å². The molecule has 2 unspecified atom stereocenters. The Kier molecular flexibility index (Phi) is 6.43. The van der Waals surface area contributed by atoms with Crippen LogP contribution in [0.15, 0.2) is 40.8 Å². The maximum Gasteiger partial charge on any atom is 0.304 e. The topological polar surface area (TPSA) is 76.4 Å². The zero-order valence-corrected chi connectivity index (χ0v) is 18.7. The molecule has 1 aliphatic heterocycles. The van der Waals surface area contributed by atoms with Crippen LogP contribution in [0.25, 0.3) is 10.9 Å². The third-order valence-corrected chi connectivity index (χ3v) is 6.74. The van der Waals surface area contributed by atoms with Gasteiger partial charge in [0.25, 0.3) is 0 Å². The van der Waals surface area contributed by atoms with Crippen molar-refractivity contribution in [3.63, 3.8) is 0 Å². The van der Waals surface area contributed by atoms with Crippen molar-refractivity contribution in [2.24, 2.45) is 0 Å². The number of carboxylic acids is 1. The van der Waals surface area contributed by atoms with Gasteiger partial charge >= 0.3 is 5.97 Å². The number of aromatic nitrogens is 1. The summed E-state index contributed by atoms with van der Waals surface area (Å²) in [4.78, 5) is 11.4. The summed E-state index contributed by atoms with van der Waals surface area (Å²) in [5.41, 5.74) is 2.95. The Morgan fingerprint density at radius 1 is 1.43 bits per heavy atom. The van der Waals surface area contributed by atoms with E-state index in [1.807, 2.05) is 36.6 Å². The highest BCUT2D eigenvalue weighted by molar-refractivity contribution is 7.91. The number of hydrogen-bond acceptors (Lipinski definition) is 3. The number of benzene rings is 1. The van der Waals surface area contributed by atoms with Gasteiger partial charge in [-0.1, -0.05) is 18.2 Å². The van der Waals surface area contributed by atoms with Crippen molar-refractivity contribution in [2.75, 3.05) is 6.26 Å². The van der Waals surface area contributed by atoms with Crippen molar-refractivity contribution in [3.8, 4) is 0 Å². The molecule has 0 saturated heterocycles. The van der Waals surface area contributed by atoms with Crippen molar-refractivity contribution in [2.45, 2.75) is 55.8 Å². The molecule has 8 heteroatoms. The molecular weight excluding hydrogens is 429 g/mol. The first-order valence-electron chi connectivity index (χ1n) is 9.76. The van der Waals surface area contributed by atoms with E-state index in [1.54, 1.807) is 0 Å². The number of fused-ring (bicyclic) bond motifs is 3. The van der Waals surface area contributed by atoms with Crippen LogP contribution in [-0.2, 0) is 27.6 Å². The van der Waals surface area contributed by atoms with Crippen LogP contribution in [0.1, 0.15) is 43.9 Å². The van der Waals surface area contributed by atoms with Gasteiger partial charge < -0.3 is 9.67 Å². The van der Waals surface area contributed by atoms with Gasteiger partial charge in [-0.2, -0.15) is 0 Å². The first-order valence-corrected chi connectivity index (χ1v) is 12.1. The van der Waals surface area contributed by atoms with E-state index in [0.717, 1.165) is 29.2 Å². The molecule has 2 atom stereocenters. The minimum atomic E-state index is -3.70. The SMILES string of the molecule is C/C=C(\C=C/C(C)Cl)Cc1c2n(c3cc(F)cc(S(C)(=O)=O)c13)CCC2CC(=O)O. The van der Waals surface area contributed by atoms with Gasteiger partial charge in [0.15, 0.2) is 9.84 Å². The molecule has 2 aromatic rings. The van der Waals surface area contributed by atoms with Gasteiger partial charge in [0.05, 0.1) is 16.8 Å². The lowest BCUT2D eigenvalue weighted by Gasteiger charge is -2.12. The van der Waals surface area contributed by atoms with Gasteiger partial charge in [0.2, 0.25) is 0 Å². The summed E-state index contributed by atoms with van der Waals surface area (Å²) in [6.07, 6.45) is 7.67. The largest absolute Gasteiger partial charge is 0.481 e. The molecule has 0 bridgehead atoms. The molecule has 0 aliphatic carbocycles. The fourth-order valence-electron chi connectivity index (χ4n) is 4.23. The van der Waals surface area contributed by atoms with Crippen molar-refractivity contribution < 1.29 is 22.7 Å². The lowest BCUT2D eigenvalue weighted by Crippen LogP contribution is -2.06. The molecule has 1 aliphatic rings. The van der Waals surface area contributed by atoms with E-state index >= 15 is 0 Å². The van der Waals surface area contributed by atoms with Crippen LogP contribution in [0.2, 0.25) is 0 Å². The lowest BCUT2D eigenvalue weighted by atomic mass is 9.92. The molecule has 0 fully saturated rings. The Balaban J connectivity index is 2.31. The minimum absolute atomic E-state index is 0.0558. The summed E-state index contributed by atoms with van der Waals surface area (Å²) in [7, 11) is -3.70. The van der Waals surface area contributed by atoms with Crippen LogP contribution < -0.4 is 0 Å². The predicted molar refractivity (Wildman–Crippen MR) is 117 cm³/mol. The third kappa shape index (κ3) is 4.47. The molecule has 2 heterocycles. The second kappa shape index (κ2) is 8.55. The average molecular weight is 454 g/mol. The molecule has 0 amide bonds. The molecule has 0 spiro atoms. The molecule has 0 saturated carbocycles. The molecule has 162 valence electrons. The maximum atomic E-state index is 14.3. The van der Waals surface area contributed by atoms with E-state index in [2.05, 4.69) is 0 Å². The zero-order valence-electron chi connectivity index (χ0n) is 17.2. The summed E-state index contributed by atoms with van der Waals surface area (Å²) in [6.45, 7) is 4.24. The highest BCUT2D eigenvalue weighted by atomic mass is 35.5.